The van der Waals surface area contributed by atoms with Gasteiger partial charge in [-0.15, -0.1) is 0 Å². The number of nitrogens with zero attached hydrogens (tertiary/aromatic N) is 3. The van der Waals surface area contributed by atoms with Crippen LogP contribution in [0.4, 0.5) is 10.6 Å². The predicted molar refractivity (Wildman–Crippen MR) is 194 cm³/mol. The van der Waals surface area contributed by atoms with E-state index in [1.165, 1.54) is 17.2 Å². The van der Waals surface area contributed by atoms with Crippen LogP contribution in [0.25, 0.3) is 10.8 Å². The maximum Gasteiger partial charge on any atom is 0.412 e. The Bertz CT molecular complexity index is 1880. The van der Waals surface area contributed by atoms with Crippen LogP contribution in [0.1, 0.15) is 56.4 Å². The number of ether oxygens (including phenoxy) is 2. The number of pyridine rings is 1. The van der Waals surface area contributed by atoms with Gasteiger partial charge < -0.3 is 29.2 Å². The SMILES string of the molecule is C=C1Cc2nc(co2)C(=O)N2CCCC2C(=O)OC(C(C)COC(=O)Nc2cc3ccccc3cn2)C(C)/C=C/C(=O)NC/C=C/C(C)=C/C(O)C1. The first-order chi connectivity index (χ1) is 25.0. The summed E-state index contributed by atoms with van der Waals surface area (Å²) in [4.78, 5) is 62.8. The second kappa shape index (κ2) is 17.6. The highest BCUT2D eigenvalue weighted by Gasteiger charge is 2.39. The van der Waals surface area contributed by atoms with E-state index in [2.05, 4.69) is 27.2 Å². The fourth-order valence-corrected chi connectivity index (χ4v) is 6.25. The lowest BCUT2D eigenvalue weighted by atomic mass is 9.93. The molecule has 1 aromatic carbocycles. The van der Waals surface area contributed by atoms with Gasteiger partial charge in [0.2, 0.25) is 5.91 Å². The number of hydrogen-bond acceptors (Lipinski definition) is 10. The third-order valence-electron chi connectivity index (χ3n) is 8.91. The van der Waals surface area contributed by atoms with Gasteiger partial charge in [0.15, 0.2) is 11.6 Å². The summed E-state index contributed by atoms with van der Waals surface area (Å²) in [6.07, 6.45) is 10.2. The average molecular weight is 712 g/mol. The van der Waals surface area contributed by atoms with Gasteiger partial charge >= 0.3 is 12.1 Å². The molecule has 1 fully saturated rings. The van der Waals surface area contributed by atoms with Crippen molar-refractivity contribution in [3.05, 3.63) is 102 Å². The molecule has 2 bridgehead atoms. The second-order valence-corrected chi connectivity index (χ2v) is 13.3. The minimum atomic E-state index is -0.876. The Kier molecular flexibility index (Phi) is 12.7. The van der Waals surface area contributed by atoms with E-state index >= 15 is 0 Å². The lowest BCUT2D eigenvalue weighted by Gasteiger charge is -2.30. The summed E-state index contributed by atoms with van der Waals surface area (Å²) >= 11 is 0. The Morgan fingerprint density at radius 3 is 2.81 bits per heavy atom. The minimum absolute atomic E-state index is 0.0508. The molecule has 2 aromatic heterocycles. The Labute approximate surface area is 302 Å². The van der Waals surface area contributed by atoms with Gasteiger partial charge in [-0.25, -0.2) is 19.6 Å². The van der Waals surface area contributed by atoms with E-state index in [1.807, 2.05) is 31.2 Å². The summed E-state index contributed by atoms with van der Waals surface area (Å²) in [5, 5.41) is 17.8. The molecule has 0 radical (unpaired) electrons. The molecule has 52 heavy (non-hydrogen) atoms. The van der Waals surface area contributed by atoms with E-state index in [4.69, 9.17) is 13.9 Å². The molecule has 5 unspecified atom stereocenters. The number of aliphatic hydroxyl groups excluding tert-OH is 1. The lowest BCUT2D eigenvalue weighted by molar-refractivity contribution is -0.159. The third kappa shape index (κ3) is 10.3. The Balaban J connectivity index is 1.32. The molecule has 2 aliphatic heterocycles. The molecule has 3 N–H and O–H groups in total. The van der Waals surface area contributed by atoms with Gasteiger partial charge in [-0.3, -0.25) is 14.9 Å². The summed E-state index contributed by atoms with van der Waals surface area (Å²) in [6.45, 7) is 9.87. The van der Waals surface area contributed by atoms with Crippen molar-refractivity contribution in [3.8, 4) is 0 Å². The maximum atomic E-state index is 13.8. The number of oxazole rings is 1. The molecule has 4 heterocycles. The highest BCUT2D eigenvalue weighted by atomic mass is 16.6. The predicted octanol–water partition coefficient (Wildman–Crippen LogP) is 5.30. The molecule has 2 aliphatic rings. The Morgan fingerprint density at radius 2 is 2.00 bits per heavy atom. The highest BCUT2D eigenvalue weighted by Crippen LogP contribution is 2.26. The first-order valence-electron chi connectivity index (χ1n) is 17.4. The number of aliphatic hydroxyl groups is 1. The Hall–Kier alpha value is -5.56. The number of hydrogen-bond donors (Lipinski definition) is 3. The van der Waals surface area contributed by atoms with Crippen LogP contribution in [0, 0.1) is 11.8 Å². The van der Waals surface area contributed by atoms with Gasteiger partial charge in [-0.1, -0.05) is 80.1 Å². The van der Waals surface area contributed by atoms with Crippen molar-refractivity contribution in [3.63, 3.8) is 0 Å². The van der Waals surface area contributed by atoms with Gasteiger partial charge in [0.1, 0.15) is 24.2 Å². The number of aromatic nitrogens is 2. The van der Waals surface area contributed by atoms with Crippen LogP contribution in [0.5, 0.6) is 0 Å². The first-order valence-corrected chi connectivity index (χ1v) is 17.4. The van der Waals surface area contributed by atoms with E-state index in [9.17, 15) is 24.3 Å². The molecule has 13 heteroatoms. The maximum absolute atomic E-state index is 13.8. The molecule has 5 atom stereocenters. The van der Waals surface area contributed by atoms with Crippen LogP contribution in [-0.4, -0.2) is 81.8 Å². The molecule has 0 aliphatic carbocycles. The van der Waals surface area contributed by atoms with Gasteiger partial charge in [0, 0.05) is 42.9 Å². The van der Waals surface area contributed by atoms with Crippen molar-refractivity contribution in [2.45, 2.75) is 64.7 Å². The van der Waals surface area contributed by atoms with E-state index in [0.29, 0.717) is 30.8 Å². The van der Waals surface area contributed by atoms with Crippen LogP contribution in [0.15, 0.2) is 95.3 Å². The third-order valence-corrected chi connectivity index (χ3v) is 8.91. The number of fused-ring (bicyclic) bond motifs is 4. The van der Waals surface area contributed by atoms with Crippen molar-refractivity contribution < 1.29 is 38.2 Å². The topological polar surface area (TPSA) is 173 Å². The summed E-state index contributed by atoms with van der Waals surface area (Å²) in [5.41, 5.74) is 1.50. The number of allylic oxidation sites excluding steroid dienone is 2. The summed E-state index contributed by atoms with van der Waals surface area (Å²) < 4.78 is 17.2. The molecule has 0 saturated carbocycles. The molecule has 13 nitrogen and oxygen atoms in total. The van der Waals surface area contributed by atoms with Crippen molar-refractivity contribution in [1.82, 2.24) is 20.2 Å². The number of esters is 1. The van der Waals surface area contributed by atoms with E-state index in [1.54, 1.807) is 50.4 Å². The number of cyclic esters (lactones) is 1. The monoisotopic (exact) mass is 711 g/mol. The van der Waals surface area contributed by atoms with E-state index < -0.39 is 48.1 Å². The normalized spacial score (nSPS) is 25.2. The average Bonchev–Trinajstić information content (AvgIpc) is 3.80. The summed E-state index contributed by atoms with van der Waals surface area (Å²) in [7, 11) is 0. The summed E-state index contributed by atoms with van der Waals surface area (Å²) in [6, 6.07) is 8.48. The number of rotatable bonds is 4. The van der Waals surface area contributed by atoms with Gasteiger partial charge in [0.05, 0.1) is 12.7 Å². The quantitative estimate of drug-likeness (QED) is 0.238. The zero-order chi connectivity index (χ0) is 37.2. The molecule has 3 aromatic rings. The molecule has 3 amide bonds. The van der Waals surface area contributed by atoms with Crippen LogP contribution in [0.2, 0.25) is 0 Å². The van der Waals surface area contributed by atoms with Crippen molar-refractivity contribution in [2.24, 2.45) is 11.8 Å². The van der Waals surface area contributed by atoms with Crippen molar-refractivity contribution in [1.29, 1.82) is 0 Å². The molecule has 5 rings (SSSR count). The smallest absolute Gasteiger partial charge is 0.412 e. The zero-order valence-electron chi connectivity index (χ0n) is 29.6. The number of amides is 3. The van der Waals surface area contributed by atoms with E-state index in [-0.39, 0.29) is 43.5 Å². The first kappa shape index (κ1) is 37.7. The van der Waals surface area contributed by atoms with Crippen LogP contribution in [-0.2, 0) is 25.5 Å². The second-order valence-electron chi connectivity index (χ2n) is 13.3. The van der Waals surface area contributed by atoms with Crippen LogP contribution in [0.3, 0.4) is 0 Å². The van der Waals surface area contributed by atoms with Crippen LogP contribution < -0.4 is 10.6 Å². The largest absolute Gasteiger partial charge is 0.460 e. The van der Waals surface area contributed by atoms with E-state index in [0.717, 1.165) is 16.3 Å². The van der Waals surface area contributed by atoms with Crippen LogP contribution >= 0.6 is 0 Å². The Morgan fingerprint density at radius 1 is 1.21 bits per heavy atom. The number of benzene rings is 1. The number of carbonyl (C=O) groups excluding carboxylic acids is 4. The highest BCUT2D eigenvalue weighted by molar-refractivity contribution is 5.95. The fraction of sp³-hybridized carbons (Fsp3) is 0.385. The van der Waals surface area contributed by atoms with Gasteiger partial charge in [-0.05, 0) is 43.7 Å². The number of nitrogens with one attached hydrogen (secondary N) is 2. The molecule has 0 spiro atoms. The number of carbonyl (C=O) groups is 4. The molecule has 1 saturated heterocycles. The standard InChI is InChI=1S/C39H45N5O8/c1-24-9-7-15-40-34(46)14-13-26(3)36(27(4)22-51-39(49)43-33-20-28-10-5-6-11-29(28)21-41-33)52-38(48)32-12-8-16-44(32)37(47)31-23-50-35(42-31)19-25(2)18-30(45)17-24/h5-7,9-11,13-14,17,20-21,23,26-27,30,32,36,45H,2,8,12,15-16,18-19,22H2,1,3-4H3,(H,40,46)(H,41,43,49)/b9-7+,14-13+,24-17+. The molecule has 274 valence electrons. The van der Waals surface area contributed by atoms with Gasteiger partial charge in [-0.2, -0.15) is 0 Å². The minimum Gasteiger partial charge on any atom is -0.460 e. The molecular formula is C39H45N5O8. The van der Waals surface area contributed by atoms with Crippen molar-refractivity contribution >= 4 is 40.5 Å². The fourth-order valence-electron chi connectivity index (χ4n) is 6.25. The van der Waals surface area contributed by atoms with Crippen molar-refractivity contribution in [2.75, 3.05) is 25.0 Å². The zero-order valence-corrected chi connectivity index (χ0v) is 29.6. The molecular weight excluding hydrogens is 666 g/mol. The summed E-state index contributed by atoms with van der Waals surface area (Å²) in [5.74, 6) is -1.86. The number of anilines is 1. The lowest BCUT2D eigenvalue weighted by Crippen LogP contribution is -2.44. The van der Waals surface area contributed by atoms with Gasteiger partial charge in [0.25, 0.3) is 5.91 Å².